The van der Waals surface area contributed by atoms with Crippen LogP contribution < -0.4 is 16.2 Å². The number of hydrogen-bond acceptors (Lipinski definition) is 2. The second kappa shape index (κ2) is 8.32. The molecule has 0 aliphatic heterocycles. The predicted molar refractivity (Wildman–Crippen MR) is 108 cm³/mol. The van der Waals surface area contributed by atoms with Gasteiger partial charge in [-0.15, -0.1) is 0 Å². The van der Waals surface area contributed by atoms with Crippen LogP contribution in [0.3, 0.4) is 0 Å². The van der Waals surface area contributed by atoms with E-state index in [1.54, 1.807) is 6.07 Å². The Morgan fingerprint density at radius 1 is 1.00 bits per heavy atom. The molecule has 0 saturated carbocycles. The van der Waals surface area contributed by atoms with Crippen molar-refractivity contribution in [3.63, 3.8) is 0 Å². The normalized spacial score (nSPS) is 10.3. The smallest absolute Gasteiger partial charge is 0.242 e. The van der Waals surface area contributed by atoms with Crippen molar-refractivity contribution < 1.29 is 4.79 Å². The van der Waals surface area contributed by atoms with Gasteiger partial charge in [0.2, 0.25) is 5.91 Å². The summed E-state index contributed by atoms with van der Waals surface area (Å²) in [5, 5.41) is 3.94. The van der Waals surface area contributed by atoms with E-state index in [9.17, 15) is 4.79 Å². The lowest BCUT2D eigenvalue weighted by atomic mass is 9.97. The van der Waals surface area contributed by atoms with Gasteiger partial charge in [0.25, 0.3) is 0 Å². The van der Waals surface area contributed by atoms with E-state index >= 15 is 0 Å². The predicted octanol–water partition coefficient (Wildman–Crippen LogP) is 4.13. The minimum atomic E-state index is -0.151. The molecular formula is C19H22ClN3OS. The molecule has 0 bridgehead atoms. The Kier molecular flexibility index (Phi) is 6.39. The number of rotatable bonds is 3. The monoisotopic (exact) mass is 375 g/mol. The Morgan fingerprint density at radius 2 is 1.64 bits per heavy atom. The first-order valence-electron chi connectivity index (χ1n) is 7.95. The molecule has 0 heterocycles. The molecule has 1 amide bonds. The number of hydrazine groups is 1. The summed E-state index contributed by atoms with van der Waals surface area (Å²) >= 11 is 11.2. The first-order chi connectivity index (χ1) is 11.8. The third-order valence-corrected chi connectivity index (χ3v) is 4.38. The maximum absolute atomic E-state index is 12.2. The molecule has 0 aliphatic carbocycles. The molecular weight excluding hydrogens is 354 g/mol. The number of halogens is 1. The second-order valence-corrected chi connectivity index (χ2v) is 6.99. The molecule has 2 aromatic carbocycles. The van der Waals surface area contributed by atoms with Crippen LogP contribution >= 0.6 is 23.8 Å². The number of anilines is 1. The van der Waals surface area contributed by atoms with Gasteiger partial charge in [-0.1, -0.05) is 35.4 Å². The summed E-state index contributed by atoms with van der Waals surface area (Å²) in [6.45, 7) is 8.03. The summed E-state index contributed by atoms with van der Waals surface area (Å²) in [5.74, 6) is -0.151. The van der Waals surface area contributed by atoms with Crippen molar-refractivity contribution in [3.05, 3.63) is 63.2 Å². The zero-order valence-electron chi connectivity index (χ0n) is 14.8. The Morgan fingerprint density at radius 3 is 2.28 bits per heavy atom. The van der Waals surface area contributed by atoms with Crippen LogP contribution in [0, 0.1) is 27.7 Å². The molecule has 25 heavy (non-hydrogen) atoms. The number of aryl methyl sites for hydroxylation is 4. The highest BCUT2D eigenvalue weighted by Gasteiger charge is 2.10. The van der Waals surface area contributed by atoms with Gasteiger partial charge in [0.15, 0.2) is 5.11 Å². The number of carbonyl (C=O) groups is 1. The van der Waals surface area contributed by atoms with Gasteiger partial charge in [-0.2, -0.15) is 0 Å². The van der Waals surface area contributed by atoms with E-state index in [1.807, 2.05) is 39.8 Å². The Balaban J connectivity index is 1.92. The van der Waals surface area contributed by atoms with E-state index in [1.165, 1.54) is 5.56 Å². The molecule has 132 valence electrons. The van der Waals surface area contributed by atoms with Crippen LogP contribution in [0.25, 0.3) is 0 Å². The fourth-order valence-electron chi connectivity index (χ4n) is 2.70. The highest BCUT2D eigenvalue weighted by molar-refractivity contribution is 7.80. The summed E-state index contributed by atoms with van der Waals surface area (Å²) in [4.78, 5) is 12.2. The van der Waals surface area contributed by atoms with Gasteiger partial charge >= 0.3 is 0 Å². The van der Waals surface area contributed by atoms with Crippen molar-refractivity contribution in [2.24, 2.45) is 0 Å². The lowest BCUT2D eigenvalue weighted by Gasteiger charge is -2.15. The summed E-state index contributed by atoms with van der Waals surface area (Å²) in [6, 6.07) is 9.65. The fraction of sp³-hybridized carbons (Fsp3) is 0.263. The molecule has 0 radical (unpaired) electrons. The summed E-state index contributed by atoms with van der Waals surface area (Å²) in [5.41, 5.74) is 11.6. The van der Waals surface area contributed by atoms with Crippen molar-refractivity contribution in [2.75, 3.05) is 5.32 Å². The topological polar surface area (TPSA) is 53.2 Å². The summed E-state index contributed by atoms with van der Waals surface area (Å²) in [6.07, 6.45) is 0.295. The zero-order chi connectivity index (χ0) is 18.6. The number of hydrogen-bond donors (Lipinski definition) is 3. The van der Waals surface area contributed by atoms with Gasteiger partial charge in [0, 0.05) is 10.7 Å². The van der Waals surface area contributed by atoms with E-state index in [0.717, 1.165) is 27.9 Å². The van der Waals surface area contributed by atoms with E-state index in [4.69, 9.17) is 23.8 Å². The molecule has 0 saturated heterocycles. The molecule has 0 aromatic heterocycles. The van der Waals surface area contributed by atoms with Crippen LogP contribution in [0.4, 0.5) is 5.69 Å². The third kappa shape index (κ3) is 5.44. The number of amides is 1. The first kappa shape index (κ1) is 19.2. The van der Waals surface area contributed by atoms with Gasteiger partial charge < -0.3 is 5.32 Å². The van der Waals surface area contributed by atoms with Crippen LogP contribution in [-0.4, -0.2) is 11.0 Å². The average molecular weight is 376 g/mol. The number of benzene rings is 2. The third-order valence-electron chi connectivity index (χ3n) is 3.94. The lowest BCUT2D eigenvalue weighted by Crippen LogP contribution is -2.44. The van der Waals surface area contributed by atoms with Crippen molar-refractivity contribution in [1.29, 1.82) is 0 Å². The van der Waals surface area contributed by atoms with E-state index in [2.05, 4.69) is 28.3 Å². The van der Waals surface area contributed by atoms with Crippen LogP contribution in [0.1, 0.15) is 27.8 Å². The van der Waals surface area contributed by atoms with Crippen LogP contribution in [0.15, 0.2) is 30.3 Å². The van der Waals surface area contributed by atoms with E-state index in [-0.39, 0.29) is 5.91 Å². The van der Waals surface area contributed by atoms with Gasteiger partial charge in [0.05, 0.1) is 6.42 Å². The fourth-order valence-corrected chi connectivity index (χ4v) is 3.04. The zero-order valence-corrected chi connectivity index (χ0v) is 16.4. The highest BCUT2D eigenvalue weighted by Crippen LogP contribution is 2.20. The molecule has 0 atom stereocenters. The van der Waals surface area contributed by atoms with Crippen molar-refractivity contribution in [2.45, 2.75) is 34.1 Å². The van der Waals surface area contributed by atoms with Gasteiger partial charge in [-0.25, -0.2) is 0 Å². The van der Waals surface area contributed by atoms with E-state index in [0.29, 0.717) is 16.6 Å². The minimum absolute atomic E-state index is 0.151. The molecule has 2 rings (SSSR count). The highest BCUT2D eigenvalue weighted by atomic mass is 35.5. The standard InChI is InChI=1S/C19H22ClN3OS/c1-11-7-13(3)16(14(4)8-11)10-18(24)22-23-19(25)21-17-9-15(20)6-5-12(17)2/h5-9H,10H2,1-4H3,(H,22,24)(H2,21,23,25). The minimum Gasteiger partial charge on any atom is -0.331 e. The SMILES string of the molecule is Cc1cc(C)c(CC(=O)NNC(=S)Nc2cc(Cl)ccc2C)c(C)c1. The van der Waals surface area contributed by atoms with Crippen molar-refractivity contribution in [1.82, 2.24) is 10.9 Å². The Labute approximate surface area is 158 Å². The second-order valence-electron chi connectivity index (χ2n) is 6.14. The molecule has 2 aromatic rings. The van der Waals surface area contributed by atoms with Gasteiger partial charge in [-0.3, -0.25) is 15.6 Å². The van der Waals surface area contributed by atoms with Crippen LogP contribution in [-0.2, 0) is 11.2 Å². The van der Waals surface area contributed by atoms with Crippen molar-refractivity contribution in [3.8, 4) is 0 Å². The van der Waals surface area contributed by atoms with Gasteiger partial charge in [-0.05, 0) is 74.3 Å². The molecule has 4 nitrogen and oxygen atoms in total. The molecule has 0 spiro atoms. The van der Waals surface area contributed by atoms with Crippen LogP contribution in [0.5, 0.6) is 0 Å². The number of carbonyl (C=O) groups excluding carboxylic acids is 1. The maximum atomic E-state index is 12.2. The average Bonchev–Trinajstić information content (AvgIpc) is 2.52. The van der Waals surface area contributed by atoms with E-state index < -0.39 is 0 Å². The number of thiocarbonyl (C=S) groups is 1. The lowest BCUT2D eigenvalue weighted by molar-refractivity contribution is -0.121. The molecule has 0 aliphatic rings. The Hall–Kier alpha value is -2.11. The molecule has 3 N–H and O–H groups in total. The summed E-state index contributed by atoms with van der Waals surface area (Å²) in [7, 11) is 0. The van der Waals surface area contributed by atoms with Gasteiger partial charge in [0.1, 0.15) is 0 Å². The number of nitrogens with one attached hydrogen (secondary N) is 3. The quantitative estimate of drug-likeness (QED) is 0.557. The first-order valence-corrected chi connectivity index (χ1v) is 8.73. The Bertz CT molecular complexity index is 797. The summed E-state index contributed by atoms with van der Waals surface area (Å²) < 4.78 is 0. The van der Waals surface area contributed by atoms with Crippen LogP contribution in [0.2, 0.25) is 5.02 Å². The largest absolute Gasteiger partial charge is 0.331 e. The maximum Gasteiger partial charge on any atom is 0.242 e. The molecule has 0 unspecified atom stereocenters. The molecule has 0 fully saturated rings. The molecule has 6 heteroatoms. The van der Waals surface area contributed by atoms with Crippen molar-refractivity contribution >= 4 is 40.5 Å².